The number of anilines is 1. The summed E-state index contributed by atoms with van der Waals surface area (Å²) in [6.45, 7) is 4.42. The van der Waals surface area contributed by atoms with Gasteiger partial charge in [0.1, 0.15) is 5.82 Å². The van der Waals surface area contributed by atoms with Gasteiger partial charge in [-0.1, -0.05) is 32.0 Å². The maximum Gasteiger partial charge on any atom is 0.417 e. The first-order valence-electron chi connectivity index (χ1n) is 8.39. The average Bonchev–Trinajstić information content (AvgIpc) is 2.70. The zero-order valence-corrected chi connectivity index (χ0v) is 14.5. The Bertz CT molecular complexity index is 842. The van der Waals surface area contributed by atoms with E-state index in [4.69, 9.17) is 0 Å². The van der Waals surface area contributed by atoms with Crippen molar-refractivity contribution in [1.29, 1.82) is 0 Å². The first-order valence-corrected chi connectivity index (χ1v) is 8.39. The van der Waals surface area contributed by atoms with Gasteiger partial charge in [0.15, 0.2) is 0 Å². The Balaban J connectivity index is 2.12. The number of carbonyl (C=O) groups excluding carboxylic acids is 1. The molecule has 0 saturated heterocycles. The van der Waals surface area contributed by atoms with Gasteiger partial charge in [0.2, 0.25) is 0 Å². The highest BCUT2D eigenvalue weighted by Crippen LogP contribution is 2.40. The second-order valence-corrected chi connectivity index (χ2v) is 7.15. The summed E-state index contributed by atoms with van der Waals surface area (Å²) in [4.78, 5) is 14.4. The Labute approximate surface area is 149 Å². The van der Waals surface area contributed by atoms with Gasteiger partial charge >= 0.3 is 6.18 Å². The number of halogens is 4. The first-order chi connectivity index (χ1) is 12.1. The monoisotopic (exact) mass is 365 g/mol. The summed E-state index contributed by atoms with van der Waals surface area (Å²) in [5.74, 6) is -1.78. The van der Waals surface area contributed by atoms with Gasteiger partial charge in [-0.3, -0.25) is 4.79 Å². The summed E-state index contributed by atoms with van der Waals surface area (Å²) >= 11 is 0. The average molecular weight is 365 g/mol. The van der Waals surface area contributed by atoms with Crippen LogP contribution in [0.15, 0.2) is 42.5 Å². The van der Waals surface area contributed by atoms with Crippen LogP contribution in [0.3, 0.4) is 0 Å². The fourth-order valence-corrected chi connectivity index (χ4v) is 3.51. The molecule has 6 heteroatoms. The van der Waals surface area contributed by atoms with Crippen molar-refractivity contribution in [3.8, 4) is 0 Å². The first kappa shape index (κ1) is 18.4. The van der Waals surface area contributed by atoms with Crippen LogP contribution in [0.4, 0.5) is 23.2 Å². The van der Waals surface area contributed by atoms with E-state index in [1.54, 1.807) is 12.1 Å². The van der Waals surface area contributed by atoms with E-state index in [0.29, 0.717) is 24.7 Å². The minimum atomic E-state index is -4.81. The van der Waals surface area contributed by atoms with Gasteiger partial charge in [-0.05, 0) is 48.1 Å². The molecule has 1 aliphatic heterocycles. The van der Waals surface area contributed by atoms with Crippen LogP contribution >= 0.6 is 0 Å². The predicted octanol–water partition coefficient (Wildman–Crippen LogP) is 5.56. The van der Waals surface area contributed by atoms with Crippen molar-refractivity contribution in [2.45, 2.75) is 38.3 Å². The van der Waals surface area contributed by atoms with E-state index in [2.05, 4.69) is 13.8 Å². The lowest BCUT2D eigenvalue weighted by molar-refractivity contribution is -0.138. The smallest absolute Gasteiger partial charge is 0.308 e. The number of amides is 1. The summed E-state index contributed by atoms with van der Waals surface area (Å²) in [6, 6.07) is 9.44. The van der Waals surface area contributed by atoms with Crippen LogP contribution in [-0.2, 0) is 11.6 Å². The van der Waals surface area contributed by atoms with Crippen molar-refractivity contribution in [2.24, 2.45) is 0 Å². The number of carbonyl (C=O) groups is 1. The summed E-state index contributed by atoms with van der Waals surface area (Å²) in [7, 11) is 0. The second-order valence-electron chi connectivity index (χ2n) is 7.15. The van der Waals surface area contributed by atoms with Gasteiger partial charge in [-0.2, -0.15) is 13.2 Å². The Morgan fingerprint density at radius 2 is 1.81 bits per heavy atom. The molecule has 0 radical (unpaired) electrons. The maximum absolute atomic E-state index is 13.4. The molecule has 0 unspecified atom stereocenters. The van der Waals surface area contributed by atoms with Gasteiger partial charge < -0.3 is 4.90 Å². The molecule has 1 aliphatic rings. The van der Waals surface area contributed by atoms with E-state index in [9.17, 15) is 22.4 Å². The minimum Gasteiger partial charge on any atom is -0.308 e. The predicted molar refractivity (Wildman–Crippen MR) is 91.8 cm³/mol. The van der Waals surface area contributed by atoms with Crippen LogP contribution in [0.1, 0.15) is 48.2 Å². The molecule has 26 heavy (non-hydrogen) atoms. The number of benzene rings is 2. The third-order valence-corrected chi connectivity index (χ3v) is 4.87. The van der Waals surface area contributed by atoms with Crippen LogP contribution in [0.2, 0.25) is 0 Å². The Kier molecular flexibility index (Phi) is 4.54. The van der Waals surface area contributed by atoms with Crippen LogP contribution in [0, 0.1) is 5.82 Å². The van der Waals surface area contributed by atoms with Crippen molar-refractivity contribution in [3.05, 3.63) is 65.0 Å². The molecule has 2 nitrogen and oxygen atoms in total. The van der Waals surface area contributed by atoms with E-state index in [-0.39, 0.29) is 5.41 Å². The molecule has 0 bridgehead atoms. The summed E-state index contributed by atoms with van der Waals surface area (Å²) in [5.41, 5.74) is -0.447. The molecular formula is C20H19F4NO. The van der Waals surface area contributed by atoms with Crippen LogP contribution in [0.5, 0.6) is 0 Å². The summed E-state index contributed by atoms with van der Waals surface area (Å²) in [5, 5.41) is 0. The van der Waals surface area contributed by atoms with Gasteiger partial charge in [-0.15, -0.1) is 0 Å². The fraction of sp³-hybridized carbons (Fsp3) is 0.350. The molecule has 2 aromatic carbocycles. The highest BCUT2D eigenvalue weighted by Gasteiger charge is 2.38. The zero-order valence-electron chi connectivity index (χ0n) is 14.5. The summed E-state index contributed by atoms with van der Waals surface area (Å²) in [6.07, 6.45) is -3.34. The van der Waals surface area contributed by atoms with E-state index >= 15 is 0 Å². The second kappa shape index (κ2) is 6.41. The Hall–Kier alpha value is -2.37. The Morgan fingerprint density at radius 1 is 1.12 bits per heavy atom. The molecule has 0 spiro atoms. The lowest BCUT2D eigenvalue weighted by Crippen LogP contribution is -2.33. The molecule has 138 valence electrons. The van der Waals surface area contributed by atoms with E-state index < -0.39 is 29.0 Å². The molecule has 1 amide bonds. The molecule has 3 rings (SSSR count). The Morgan fingerprint density at radius 3 is 2.50 bits per heavy atom. The standard InChI is InChI=1S/C20H19F4NO/c1-19(2)10-5-11-25(17-7-4-3-6-15(17)19)18(26)14-9-8-13(21)12-16(14)20(22,23)24/h3-4,6-9,12H,5,10-11H2,1-2H3. The molecule has 0 N–H and O–H groups in total. The lowest BCUT2D eigenvalue weighted by Gasteiger charge is -2.28. The molecular weight excluding hydrogens is 346 g/mol. The highest BCUT2D eigenvalue weighted by atomic mass is 19.4. The normalized spacial score (nSPS) is 16.8. The van der Waals surface area contributed by atoms with Crippen LogP contribution in [0.25, 0.3) is 0 Å². The number of alkyl halides is 3. The molecule has 0 atom stereocenters. The van der Waals surface area contributed by atoms with Crippen LogP contribution in [-0.4, -0.2) is 12.5 Å². The zero-order chi connectivity index (χ0) is 19.1. The SMILES string of the molecule is CC1(C)CCCN(C(=O)c2ccc(F)cc2C(F)(F)F)c2ccccc21. The third kappa shape index (κ3) is 3.32. The van der Waals surface area contributed by atoms with Gasteiger partial charge in [0.25, 0.3) is 5.91 Å². The minimum absolute atomic E-state index is 0.193. The lowest BCUT2D eigenvalue weighted by atomic mass is 9.80. The number of nitrogens with zero attached hydrogens (tertiary/aromatic N) is 1. The van der Waals surface area contributed by atoms with E-state index in [1.807, 2.05) is 12.1 Å². The third-order valence-electron chi connectivity index (χ3n) is 4.87. The van der Waals surface area contributed by atoms with Crippen molar-refractivity contribution in [1.82, 2.24) is 0 Å². The molecule has 0 aliphatic carbocycles. The van der Waals surface area contributed by atoms with E-state index in [1.165, 1.54) is 4.90 Å². The van der Waals surface area contributed by atoms with Crippen molar-refractivity contribution < 1.29 is 22.4 Å². The molecule has 0 saturated carbocycles. The summed E-state index contributed by atoms with van der Waals surface area (Å²) < 4.78 is 53.3. The molecule has 0 fully saturated rings. The molecule has 1 heterocycles. The molecule has 0 aromatic heterocycles. The van der Waals surface area contributed by atoms with Gasteiger partial charge in [-0.25, -0.2) is 4.39 Å². The number of para-hydroxylation sites is 1. The van der Waals surface area contributed by atoms with Crippen molar-refractivity contribution in [3.63, 3.8) is 0 Å². The number of hydrogen-bond donors (Lipinski definition) is 0. The van der Waals surface area contributed by atoms with Crippen molar-refractivity contribution >= 4 is 11.6 Å². The largest absolute Gasteiger partial charge is 0.417 e. The van der Waals surface area contributed by atoms with Gasteiger partial charge in [0.05, 0.1) is 11.1 Å². The number of rotatable bonds is 1. The quantitative estimate of drug-likeness (QED) is 0.606. The van der Waals surface area contributed by atoms with Crippen molar-refractivity contribution in [2.75, 3.05) is 11.4 Å². The van der Waals surface area contributed by atoms with Crippen LogP contribution < -0.4 is 4.90 Å². The van der Waals surface area contributed by atoms with E-state index in [0.717, 1.165) is 24.1 Å². The molecule has 2 aromatic rings. The maximum atomic E-state index is 13.4. The van der Waals surface area contributed by atoms with Gasteiger partial charge in [0, 0.05) is 12.2 Å². The fourth-order valence-electron chi connectivity index (χ4n) is 3.51. The highest BCUT2D eigenvalue weighted by molar-refractivity contribution is 6.07. The topological polar surface area (TPSA) is 20.3 Å². The number of hydrogen-bond acceptors (Lipinski definition) is 1. The number of fused-ring (bicyclic) bond motifs is 1.